The van der Waals surface area contributed by atoms with Gasteiger partial charge in [-0.15, -0.1) is 0 Å². The minimum Gasteiger partial charge on any atom is -0.373 e. The minimum atomic E-state index is -0.992. The van der Waals surface area contributed by atoms with Crippen molar-refractivity contribution in [3.63, 3.8) is 0 Å². The molecule has 5 rings (SSSR count). The van der Waals surface area contributed by atoms with E-state index >= 15 is 4.39 Å². The van der Waals surface area contributed by atoms with Gasteiger partial charge in [0.15, 0.2) is 0 Å². The van der Waals surface area contributed by atoms with E-state index in [0.29, 0.717) is 18.7 Å². The first kappa shape index (κ1) is 22.2. The first-order chi connectivity index (χ1) is 15.7. The van der Waals surface area contributed by atoms with Gasteiger partial charge < -0.3 is 15.1 Å². The van der Waals surface area contributed by atoms with Crippen LogP contribution < -0.4 is 10.2 Å². The number of nitrogens with one attached hydrogen (secondary N) is 1. The van der Waals surface area contributed by atoms with E-state index in [1.807, 2.05) is 18.2 Å². The number of rotatable bonds is 4. The van der Waals surface area contributed by atoms with E-state index in [2.05, 4.69) is 11.9 Å². The van der Waals surface area contributed by atoms with E-state index in [4.69, 9.17) is 23.2 Å². The Kier molecular flexibility index (Phi) is 5.22. The first-order valence-electron chi connectivity index (χ1n) is 11.0. The number of hydrogen-bond acceptors (Lipinski definition) is 3. The molecule has 172 valence electrons. The van der Waals surface area contributed by atoms with E-state index in [9.17, 15) is 9.59 Å². The van der Waals surface area contributed by atoms with Crippen LogP contribution in [0.1, 0.15) is 36.8 Å². The lowest BCUT2D eigenvalue weighted by atomic mass is 9.65. The van der Waals surface area contributed by atoms with E-state index in [1.54, 1.807) is 16.8 Å². The molecule has 33 heavy (non-hydrogen) atoms. The zero-order valence-electron chi connectivity index (χ0n) is 18.3. The fourth-order valence-corrected chi connectivity index (χ4v) is 6.08. The molecule has 5 nitrogen and oxygen atoms in total. The van der Waals surface area contributed by atoms with Crippen molar-refractivity contribution in [3.05, 3.63) is 70.0 Å². The van der Waals surface area contributed by atoms with Crippen LogP contribution in [0.15, 0.2) is 43.0 Å². The average Bonchev–Trinajstić information content (AvgIpc) is 3.28. The second-order valence-electron chi connectivity index (χ2n) is 9.17. The summed E-state index contributed by atoms with van der Waals surface area (Å²) in [6, 6.07) is 8.55. The molecule has 1 saturated heterocycles. The van der Waals surface area contributed by atoms with Gasteiger partial charge in [-0.3, -0.25) is 9.59 Å². The molecule has 2 amide bonds. The molecule has 1 unspecified atom stereocenters. The maximum absolute atomic E-state index is 15.2. The lowest BCUT2D eigenvalue weighted by Crippen LogP contribution is -2.43. The number of likely N-dealkylation sites (tertiary alicyclic amines) is 1. The van der Waals surface area contributed by atoms with Crippen LogP contribution in [0.25, 0.3) is 0 Å². The maximum Gasteiger partial charge on any atom is 0.246 e. The van der Waals surface area contributed by atoms with Gasteiger partial charge in [-0.25, -0.2) is 4.39 Å². The number of hydrogen-bond donors (Lipinski definition) is 1. The Morgan fingerprint density at radius 3 is 2.64 bits per heavy atom. The lowest BCUT2D eigenvalue weighted by Gasteiger charge is -2.37. The summed E-state index contributed by atoms with van der Waals surface area (Å²) < 4.78 is 15.2. The van der Waals surface area contributed by atoms with Gasteiger partial charge in [0, 0.05) is 37.1 Å². The average molecular weight is 488 g/mol. The quantitative estimate of drug-likeness (QED) is 0.472. The zero-order chi connectivity index (χ0) is 23.5. The summed E-state index contributed by atoms with van der Waals surface area (Å²) in [4.78, 5) is 28.6. The highest BCUT2D eigenvalue weighted by molar-refractivity contribution is 6.42. The highest BCUT2D eigenvalue weighted by atomic mass is 35.5. The number of halogens is 3. The van der Waals surface area contributed by atoms with Crippen molar-refractivity contribution in [3.8, 4) is 0 Å². The van der Waals surface area contributed by atoms with Gasteiger partial charge in [0.05, 0.1) is 21.0 Å². The Labute approximate surface area is 202 Å². The molecule has 0 radical (unpaired) electrons. The van der Waals surface area contributed by atoms with Crippen molar-refractivity contribution in [2.45, 2.75) is 36.6 Å². The molecule has 8 heteroatoms. The van der Waals surface area contributed by atoms with Crippen LogP contribution in [0.5, 0.6) is 0 Å². The third-order valence-electron chi connectivity index (χ3n) is 7.46. The molecular weight excluding hydrogens is 464 g/mol. The number of nitrogens with zero attached hydrogens (tertiary/aromatic N) is 2. The minimum absolute atomic E-state index is 0.124. The highest BCUT2D eigenvalue weighted by Crippen LogP contribution is 2.54. The van der Waals surface area contributed by atoms with Gasteiger partial charge in [0.25, 0.3) is 0 Å². The molecular formula is C25H24Cl2FN3O2. The van der Waals surface area contributed by atoms with Crippen molar-refractivity contribution in [1.82, 2.24) is 4.90 Å². The van der Waals surface area contributed by atoms with Crippen molar-refractivity contribution >= 4 is 46.4 Å². The van der Waals surface area contributed by atoms with Crippen molar-refractivity contribution in [1.29, 1.82) is 0 Å². The summed E-state index contributed by atoms with van der Waals surface area (Å²) in [5, 5.41) is 3.84. The Morgan fingerprint density at radius 1 is 1.21 bits per heavy atom. The van der Waals surface area contributed by atoms with E-state index in [0.717, 1.165) is 30.5 Å². The van der Waals surface area contributed by atoms with Crippen LogP contribution in [0.3, 0.4) is 0 Å². The Bertz CT molecular complexity index is 1200. The third kappa shape index (κ3) is 3.18. The number of likely N-dealkylation sites (N-methyl/N-ethyl adjacent to an activating group) is 1. The maximum atomic E-state index is 15.2. The van der Waals surface area contributed by atoms with Crippen LogP contribution in [0.4, 0.5) is 15.8 Å². The van der Waals surface area contributed by atoms with Gasteiger partial charge in [0.2, 0.25) is 11.8 Å². The molecule has 2 aliphatic heterocycles. The Morgan fingerprint density at radius 2 is 1.97 bits per heavy atom. The van der Waals surface area contributed by atoms with Crippen molar-refractivity contribution in [2.24, 2.45) is 0 Å². The SMILES string of the molecule is C=CC(=O)N1CCC(Nc2ccc3c(c2)N(C)C(=O)C32CCC2)(c2c(F)ccc(Cl)c2Cl)C1. The molecule has 1 saturated carbocycles. The topological polar surface area (TPSA) is 52.7 Å². The summed E-state index contributed by atoms with van der Waals surface area (Å²) >= 11 is 12.8. The largest absolute Gasteiger partial charge is 0.373 e. The van der Waals surface area contributed by atoms with Gasteiger partial charge in [-0.05, 0) is 55.2 Å². The highest BCUT2D eigenvalue weighted by Gasteiger charge is 2.53. The predicted octanol–water partition coefficient (Wildman–Crippen LogP) is 5.26. The van der Waals surface area contributed by atoms with Gasteiger partial charge in [-0.2, -0.15) is 0 Å². The van der Waals surface area contributed by atoms with Crippen LogP contribution in [0.2, 0.25) is 10.0 Å². The molecule has 2 heterocycles. The molecule has 0 bridgehead atoms. The molecule has 0 aromatic heterocycles. The molecule has 2 aromatic carbocycles. The molecule has 1 atom stereocenters. The fourth-order valence-electron chi connectivity index (χ4n) is 5.59. The monoisotopic (exact) mass is 487 g/mol. The van der Waals surface area contributed by atoms with Crippen LogP contribution in [-0.2, 0) is 20.5 Å². The third-order valence-corrected chi connectivity index (χ3v) is 8.26. The van der Waals surface area contributed by atoms with Gasteiger partial charge in [-0.1, -0.05) is 42.3 Å². The number of anilines is 2. The number of fused-ring (bicyclic) bond motifs is 2. The number of amides is 2. The summed E-state index contributed by atoms with van der Waals surface area (Å²) in [5.41, 5.74) is 1.46. The van der Waals surface area contributed by atoms with Gasteiger partial charge in [0.1, 0.15) is 5.82 Å². The Balaban J connectivity index is 1.58. The van der Waals surface area contributed by atoms with Crippen molar-refractivity contribution < 1.29 is 14.0 Å². The number of benzene rings is 2. The van der Waals surface area contributed by atoms with Crippen molar-refractivity contribution in [2.75, 3.05) is 30.4 Å². The summed E-state index contributed by atoms with van der Waals surface area (Å²) in [6.07, 6.45) is 4.45. The standard InChI is InChI=1S/C25H24Cl2FN3O2/c1-3-20(32)31-12-11-25(14-31,21-18(28)8-7-17(26)22(21)27)29-15-5-6-16-19(13-15)30(2)23(33)24(16)9-4-10-24/h3,5-8,13,29H,1,4,9-12,14H2,2H3. The summed E-state index contributed by atoms with van der Waals surface area (Å²) in [5.74, 6) is -0.599. The van der Waals surface area contributed by atoms with E-state index in [1.165, 1.54) is 18.2 Å². The van der Waals surface area contributed by atoms with E-state index in [-0.39, 0.29) is 34.0 Å². The Hall–Kier alpha value is -2.57. The molecule has 1 aliphatic carbocycles. The summed E-state index contributed by atoms with van der Waals surface area (Å²) in [6.45, 7) is 4.18. The van der Waals surface area contributed by atoms with Crippen LogP contribution in [-0.4, -0.2) is 36.9 Å². The normalized spacial score (nSPS) is 23.0. The molecule has 2 fully saturated rings. The second-order valence-corrected chi connectivity index (χ2v) is 9.96. The zero-order valence-corrected chi connectivity index (χ0v) is 19.8. The number of carbonyl (C=O) groups is 2. The predicted molar refractivity (Wildman–Crippen MR) is 128 cm³/mol. The second kappa shape index (κ2) is 7.74. The number of carbonyl (C=O) groups excluding carboxylic acids is 2. The molecule has 1 spiro atoms. The molecule has 2 aromatic rings. The summed E-state index contributed by atoms with van der Waals surface area (Å²) in [7, 11) is 1.79. The molecule has 1 N–H and O–H groups in total. The lowest BCUT2D eigenvalue weighted by molar-refractivity contribution is -0.126. The fraction of sp³-hybridized carbons (Fsp3) is 0.360. The first-order valence-corrected chi connectivity index (χ1v) is 11.7. The molecule has 3 aliphatic rings. The smallest absolute Gasteiger partial charge is 0.246 e. The van der Waals surface area contributed by atoms with E-state index < -0.39 is 16.8 Å². The van der Waals surface area contributed by atoms with Gasteiger partial charge >= 0.3 is 0 Å². The van der Waals surface area contributed by atoms with Crippen LogP contribution in [0, 0.1) is 5.82 Å². The van der Waals surface area contributed by atoms with Crippen LogP contribution >= 0.6 is 23.2 Å².